The van der Waals surface area contributed by atoms with E-state index in [1.807, 2.05) is 0 Å². The van der Waals surface area contributed by atoms with Crippen molar-refractivity contribution in [3.63, 3.8) is 0 Å². The molecular weight excluding hydrogens is 623 g/mol. The Morgan fingerprint density at radius 3 is 2.31 bits per heavy atom. The van der Waals surface area contributed by atoms with Crippen LogP contribution in [0.15, 0.2) is 77.3 Å². The molecule has 0 aliphatic carbocycles. The highest BCUT2D eigenvalue weighted by atomic mass is 32.1. The molecule has 45 heavy (non-hydrogen) atoms. The van der Waals surface area contributed by atoms with Crippen molar-refractivity contribution in [1.29, 1.82) is 0 Å². The van der Waals surface area contributed by atoms with E-state index in [-0.39, 0.29) is 37.6 Å². The lowest BCUT2D eigenvalue weighted by atomic mass is 9.98. The number of hydrogen-bond donors (Lipinski definition) is 2. The highest BCUT2D eigenvalue weighted by Crippen LogP contribution is 2.43. The summed E-state index contributed by atoms with van der Waals surface area (Å²) in [6.07, 6.45) is -4.92. The lowest BCUT2D eigenvalue weighted by Gasteiger charge is -2.10. The first-order valence-electron chi connectivity index (χ1n) is 12.8. The summed E-state index contributed by atoms with van der Waals surface area (Å²) in [4.78, 5) is 18.6. The normalized spacial score (nSPS) is 11.6. The Bertz CT molecular complexity index is 2080. The van der Waals surface area contributed by atoms with E-state index in [1.165, 1.54) is 13.2 Å². The number of ketones is 1. The minimum Gasteiger partial charge on any atom is -0.497 e. The number of thiophene rings is 1. The maximum absolute atomic E-state index is 15.1. The van der Waals surface area contributed by atoms with Gasteiger partial charge in [0, 0.05) is 39.4 Å². The van der Waals surface area contributed by atoms with Crippen LogP contribution >= 0.6 is 11.3 Å². The van der Waals surface area contributed by atoms with Gasteiger partial charge in [0.25, 0.3) is 5.78 Å². The van der Waals surface area contributed by atoms with Crippen LogP contribution < -0.4 is 19.9 Å². The summed E-state index contributed by atoms with van der Waals surface area (Å²) in [5.41, 5.74) is 7.13. The summed E-state index contributed by atoms with van der Waals surface area (Å²) in [6, 6.07) is 15.7. The van der Waals surface area contributed by atoms with E-state index in [4.69, 9.17) is 15.0 Å². The minimum atomic E-state index is -4.92. The topological polar surface area (TPSA) is 125 Å². The third-order valence-corrected chi connectivity index (χ3v) is 7.76. The second kappa shape index (κ2) is 11.2. The molecule has 228 valence electrons. The number of fused-ring (bicyclic) bond motifs is 1. The largest absolute Gasteiger partial charge is 0.573 e. The lowest BCUT2D eigenvalue weighted by Crippen LogP contribution is -2.38. The maximum Gasteiger partial charge on any atom is 0.573 e. The van der Waals surface area contributed by atoms with Gasteiger partial charge in [0.2, 0.25) is 11.0 Å². The highest BCUT2D eigenvalue weighted by molar-refractivity contribution is 7.21. The van der Waals surface area contributed by atoms with Gasteiger partial charge in [-0.1, -0.05) is 0 Å². The zero-order valence-electron chi connectivity index (χ0n) is 22.7. The van der Waals surface area contributed by atoms with Gasteiger partial charge >= 0.3 is 18.0 Å². The monoisotopic (exact) mass is 641 g/mol. The third-order valence-electron chi connectivity index (χ3n) is 6.67. The molecule has 0 spiro atoms. The van der Waals surface area contributed by atoms with Crippen LogP contribution in [0.3, 0.4) is 0 Å². The molecule has 0 saturated heterocycles. The quantitative estimate of drug-likeness (QED) is 0.114. The van der Waals surface area contributed by atoms with Crippen LogP contribution in [0.5, 0.6) is 17.4 Å². The number of pyridine rings is 1. The smallest absolute Gasteiger partial charge is 0.497 e. The van der Waals surface area contributed by atoms with E-state index in [1.54, 1.807) is 30.3 Å². The van der Waals surface area contributed by atoms with Crippen LogP contribution in [0.1, 0.15) is 15.4 Å². The average molecular weight is 642 g/mol. The molecule has 15 heteroatoms. The first kappa shape index (κ1) is 29.5. The molecule has 0 saturated carbocycles. The number of halogens is 5. The number of nitrogen functional groups attached to an aromatic ring is 1. The first-order chi connectivity index (χ1) is 21.4. The SMILES string of the molecule is COc1ccc(-c2cc(-c3ccc(F)cc3F)c3c(N)c(C(=O)c4c(O)on[n+]4-c4ccc(OC(F)(F)F)cc4)sc3n2)cc1. The van der Waals surface area contributed by atoms with E-state index < -0.39 is 41.2 Å². The fourth-order valence-electron chi connectivity index (χ4n) is 4.64. The molecule has 3 aromatic carbocycles. The molecule has 0 atom stereocenters. The molecule has 0 aliphatic rings. The van der Waals surface area contributed by atoms with Gasteiger partial charge in [0.15, 0.2) is 0 Å². The summed E-state index contributed by atoms with van der Waals surface area (Å²) < 4.78 is 81.5. The predicted molar refractivity (Wildman–Crippen MR) is 151 cm³/mol. The fourth-order valence-corrected chi connectivity index (χ4v) is 5.70. The van der Waals surface area contributed by atoms with Gasteiger partial charge in [-0.3, -0.25) is 9.32 Å². The first-order valence-corrected chi connectivity index (χ1v) is 13.6. The van der Waals surface area contributed by atoms with Crippen LogP contribution in [0, 0.1) is 11.6 Å². The number of nitrogens with zero attached hydrogens (tertiary/aromatic N) is 3. The molecule has 9 nitrogen and oxygen atoms in total. The predicted octanol–water partition coefficient (Wildman–Crippen LogP) is 6.60. The van der Waals surface area contributed by atoms with E-state index in [2.05, 4.69) is 15.0 Å². The van der Waals surface area contributed by atoms with Crippen LogP contribution in [0.2, 0.25) is 0 Å². The van der Waals surface area contributed by atoms with Crippen molar-refractivity contribution in [3.8, 4) is 45.5 Å². The maximum atomic E-state index is 15.1. The fraction of sp³-hybridized carbons (Fsp3) is 0.0667. The number of nitrogens with two attached hydrogens (primary N) is 1. The number of aromatic hydroxyl groups is 1. The van der Waals surface area contributed by atoms with Crippen LogP contribution in [0.4, 0.5) is 27.6 Å². The van der Waals surface area contributed by atoms with E-state index in [0.29, 0.717) is 23.1 Å². The van der Waals surface area contributed by atoms with Crippen LogP contribution in [0.25, 0.3) is 38.3 Å². The molecule has 0 bridgehead atoms. The number of hydrogen-bond acceptors (Lipinski definition) is 9. The molecule has 3 N–H and O–H groups in total. The van der Waals surface area contributed by atoms with Crippen molar-refractivity contribution in [3.05, 3.63) is 95.0 Å². The second-order valence-electron chi connectivity index (χ2n) is 9.44. The van der Waals surface area contributed by atoms with Crippen molar-refractivity contribution in [2.75, 3.05) is 12.8 Å². The second-order valence-corrected chi connectivity index (χ2v) is 10.4. The Balaban J connectivity index is 1.49. The Morgan fingerprint density at radius 1 is 0.978 bits per heavy atom. The number of aromatic nitrogens is 3. The standard InChI is InChI=1S/C30H17F5N4O5S/c1-42-17-7-2-14(3-8-17)22-13-20(19-11-4-15(31)12-21(19)32)23-24(36)27(45-28(23)37-22)26(40)25-29(41)44-38-39(25)16-5-9-18(10-6-16)43-30(33,34)35/h2-13H,1H3,(H2-,36,38,40,41)/p+1. The molecule has 0 fully saturated rings. The van der Waals surface area contributed by atoms with Crippen molar-refractivity contribution in [2.24, 2.45) is 0 Å². The van der Waals surface area contributed by atoms with E-state index in [0.717, 1.165) is 46.4 Å². The molecule has 0 radical (unpaired) electrons. The zero-order valence-corrected chi connectivity index (χ0v) is 23.5. The molecule has 0 aliphatic heterocycles. The number of alkyl halides is 3. The van der Waals surface area contributed by atoms with Crippen LogP contribution in [-0.2, 0) is 0 Å². The molecule has 3 aromatic heterocycles. The van der Waals surface area contributed by atoms with E-state index in [9.17, 15) is 27.5 Å². The number of rotatable bonds is 7. The number of benzene rings is 3. The number of ether oxygens (including phenoxy) is 2. The van der Waals surface area contributed by atoms with Gasteiger partial charge < -0.3 is 20.3 Å². The Hall–Kier alpha value is -5.57. The van der Waals surface area contributed by atoms with Gasteiger partial charge in [-0.05, 0) is 60.2 Å². The van der Waals surface area contributed by atoms with Crippen molar-refractivity contribution in [1.82, 2.24) is 10.3 Å². The van der Waals surface area contributed by atoms with Gasteiger partial charge in [-0.25, -0.2) is 13.8 Å². The van der Waals surface area contributed by atoms with Crippen molar-refractivity contribution < 1.29 is 50.5 Å². The molecule has 0 amide bonds. The molecule has 3 heterocycles. The van der Waals surface area contributed by atoms with Crippen molar-refractivity contribution >= 4 is 33.0 Å². The van der Waals surface area contributed by atoms with Gasteiger partial charge in [-0.15, -0.1) is 24.5 Å². The van der Waals surface area contributed by atoms with E-state index >= 15 is 4.39 Å². The zero-order chi connectivity index (χ0) is 32.0. The summed E-state index contributed by atoms with van der Waals surface area (Å²) in [6.45, 7) is 0. The Morgan fingerprint density at radius 2 is 1.67 bits per heavy atom. The molecule has 6 rings (SSSR count). The number of anilines is 1. The number of methoxy groups -OCH3 is 1. The van der Waals surface area contributed by atoms with Gasteiger partial charge in [0.1, 0.15) is 32.8 Å². The molecule has 0 unspecified atom stereocenters. The lowest BCUT2D eigenvalue weighted by molar-refractivity contribution is -0.672. The minimum absolute atomic E-state index is 0.00823. The Kier molecular flexibility index (Phi) is 7.32. The highest BCUT2D eigenvalue weighted by Gasteiger charge is 2.38. The average Bonchev–Trinajstić information content (AvgIpc) is 3.55. The van der Waals surface area contributed by atoms with Gasteiger partial charge in [-0.2, -0.15) is 0 Å². The number of carbonyl (C=O) groups excluding carboxylic acids is 1. The third kappa shape index (κ3) is 5.60. The summed E-state index contributed by atoms with van der Waals surface area (Å²) >= 11 is 0.840. The Labute approximate surface area is 253 Å². The van der Waals surface area contributed by atoms with Gasteiger partial charge in [0.05, 0.1) is 18.5 Å². The molecule has 6 aromatic rings. The summed E-state index contributed by atoms with van der Waals surface area (Å²) in [7, 11) is 1.51. The van der Waals surface area contributed by atoms with Crippen LogP contribution in [-0.4, -0.2) is 34.6 Å². The summed E-state index contributed by atoms with van der Waals surface area (Å²) in [5.74, 6) is -3.39. The summed E-state index contributed by atoms with van der Waals surface area (Å²) in [5, 5.41) is 14.3. The number of carbonyl (C=O) groups is 1. The molecular formula is C30H18F5N4O5S+. The van der Waals surface area contributed by atoms with Crippen molar-refractivity contribution in [2.45, 2.75) is 6.36 Å².